The fraction of sp³-hybridized carbons (Fsp3) is 0.800. The summed E-state index contributed by atoms with van der Waals surface area (Å²) in [5.41, 5.74) is -0.512. The topological polar surface area (TPSA) is 58.6 Å². The monoisotopic (exact) mass is 214 g/mol. The number of carbonyl (C=O) groups is 2. The van der Waals surface area contributed by atoms with Crippen LogP contribution >= 0.6 is 0 Å². The number of esters is 1. The Labute approximate surface area is 89.8 Å². The molecule has 5 heteroatoms. The number of likely N-dealkylation sites (N-methyl/N-ethyl adjacent to an activating group) is 1. The van der Waals surface area contributed by atoms with Crippen molar-refractivity contribution in [1.82, 2.24) is 10.2 Å². The molecule has 0 aliphatic carbocycles. The standard InChI is InChI=1S/C10H18N2O3/c1-5-12-7(6-11-9(12)14)8(13)15-10(2,3)4/h7H,5-6H2,1-4H3,(H,11,14). The molecular weight excluding hydrogens is 196 g/mol. The Balaban J connectivity index is 2.64. The highest BCUT2D eigenvalue weighted by molar-refractivity contribution is 5.87. The normalized spacial score (nSPS) is 21.5. The first-order valence-corrected chi connectivity index (χ1v) is 5.12. The molecule has 1 N–H and O–H groups in total. The first-order chi connectivity index (χ1) is 6.85. The minimum absolute atomic E-state index is 0.201. The fourth-order valence-electron chi connectivity index (χ4n) is 1.48. The van der Waals surface area contributed by atoms with Crippen LogP contribution in [0.5, 0.6) is 0 Å². The van der Waals surface area contributed by atoms with Crippen molar-refractivity contribution in [3.05, 3.63) is 0 Å². The number of rotatable bonds is 2. The summed E-state index contributed by atoms with van der Waals surface area (Å²) in [6.07, 6.45) is 0. The lowest BCUT2D eigenvalue weighted by atomic mass is 10.2. The van der Waals surface area contributed by atoms with E-state index in [-0.39, 0.29) is 12.0 Å². The Morgan fingerprint density at radius 2 is 2.20 bits per heavy atom. The average Bonchev–Trinajstić information content (AvgIpc) is 2.43. The van der Waals surface area contributed by atoms with Gasteiger partial charge in [-0.2, -0.15) is 0 Å². The third kappa shape index (κ3) is 2.84. The van der Waals surface area contributed by atoms with E-state index in [4.69, 9.17) is 4.74 Å². The highest BCUT2D eigenvalue weighted by Gasteiger charge is 2.37. The number of carbonyl (C=O) groups excluding carboxylic acids is 2. The number of hydrogen-bond donors (Lipinski definition) is 1. The van der Waals surface area contributed by atoms with Gasteiger partial charge in [0, 0.05) is 6.54 Å². The maximum atomic E-state index is 11.7. The molecule has 0 bridgehead atoms. The van der Waals surface area contributed by atoms with Crippen LogP contribution in [0.25, 0.3) is 0 Å². The van der Waals surface area contributed by atoms with Crippen LogP contribution in [0.1, 0.15) is 27.7 Å². The van der Waals surface area contributed by atoms with Crippen LogP contribution in [0.4, 0.5) is 4.79 Å². The van der Waals surface area contributed by atoms with Gasteiger partial charge in [-0.25, -0.2) is 9.59 Å². The molecule has 1 aliphatic rings. The quantitative estimate of drug-likeness (QED) is 0.690. The van der Waals surface area contributed by atoms with E-state index >= 15 is 0 Å². The predicted molar refractivity (Wildman–Crippen MR) is 55.4 cm³/mol. The molecule has 0 aromatic heterocycles. The van der Waals surface area contributed by atoms with Crippen molar-refractivity contribution in [3.8, 4) is 0 Å². The first-order valence-electron chi connectivity index (χ1n) is 5.12. The van der Waals surface area contributed by atoms with Crippen molar-refractivity contribution in [2.24, 2.45) is 0 Å². The minimum Gasteiger partial charge on any atom is -0.458 e. The van der Waals surface area contributed by atoms with Gasteiger partial charge in [-0.3, -0.25) is 0 Å². The zero-order valence-corrected chi connectivity index (χ0v) is 9.66. The SMILES string of the molecule is CCN1C(=O)NCC1C(=O)OC(C)(C)C. The maximum absolute atomic E-state index is 11.7. The molecule has 0 spiro atoms. The molecule has 1 aliphatic heterocycles. The van der Waals surface area contributed by atoms with Gasteiger partial charge in [0.05, 0.1) is 6.54 Å². The molecule has 15 heavy (non-hydrogen) atoms. The van der Waals surface area contributed by atoms with Gasteiger partial charge in [0.15, 0.2) is 0 Å². The van der Waals surface area contributed by atoms with E-state index in [0.29, 0.717) is 13.1 Å². The van der Waals surface area contributed by atoms with Gasteiger partial charge in [0.25, 0.3) is 0 Å². The van der Waals surface area contributed by atoms with E-state index in [2.05, 4.69) is 5.32 Å². The molecule has 1 saturated heterocycles. The molecule has 0 aromatic carbocycles. The van der Waals surface area contributed by atoms with Gasteiger partial charge in [-0.1, -0.05) is 0 Å². The fourth-order valence-corrected chi connectivity index (χ4v) is 1.48. The Bertz CT molecular complexity index is 270. The summed E-state index contributed by atoms with van der Waals surface area (Å²) in [5, 5.41) is 2.62. The molecule has 0 aromatic rings. The molecule has 1 rings (SSSR count). The summed E-state index contributed by atoms with van der Waals surface area (Å²) < 4.78 is 5.23. The van der Waals surface area contributed by atoms with Crippen molar-refractivity contribution < 1.29 is 14.3 Å². The molecule has 5 nitrogen and oxygen atoms in total. The molecule has 1 heterocycles. The van der Waals surface area contributed by atoms with Crippen molar-refractivity contribution in [2.45, 2.75) is 39.3 Å². The molecule has 86 valence electrons. The first kappa shape index (κ1) is 11.8. The van der Waals surface area contributed by atoms with E-state index in [1.165, 1.54) is 4.90 Å². The zero-order chi connectivity index (χ0) is 11.6. The van der Waals surface area contributed by atoms with Gasteiger partial charge in [-0.15, -0.1) is 0 Å². The number of amides is 2. The lowest BCUT2D eigenvalue weighted by molar-refractivity contribution is -0.159. The summed E-state index contributed by atoms with van der Waals surface area (Å²) in [4.78, 5) is 24.5. The van der Waals surface area contributed by atoms with Crippen LogP contribution in [-0.2, 0) is 9.53 Å². The van der Waals surface area contributed by atoms with Crippen LogP contribution in [0.15, 0.2) is 0 Å². The third-order valence-corrected chi connectivity index (χ3v) is 2.10. The Kier molecular flexibility index (Phi) is 3.21. The van der Waals surface area contributed by atoms with Crippen molar-refractivity contribution >= 4 is 12.0 Å². The van der Waals surface area contributed by atoms with Gasteiger partial charge in [-0.05, 0) is 27.7 Å². The molecule has 1 atom stereocenters. The Morgan fingerprint density at radius 1 is 1.60 bits per heavy atom. The zero-order valence-electron chi connectivity index (χ0n) is 9.66. The number of nitrogens with one attached hydrogen (secondary N) is 1. The lowest BCUT2D eigenvalue weighted by Crippen LogP contribution is -2.42. The van der Waals surface area contributed by atoms with E-state index in [1.807, 2.05) is 27.7 Å². The second-order valence-electron chi connectivity index (χ2n) is 4.52. The maximum Gasteiger partial charge on any atom is 0.331 e. The molecule has 2 amide bonds. The van der Waals surface area contributed by atoms with E-state index in [1.54, 1.807) is 0 Å². The number of urea groups is 1. The van der Waals surface area contributed by atoms with Crippen LogP contribution in [0.3, 0.4) is 0 Å². The number of ether oxygens (including phenoxy) is 1. The Morgan fingerprint density at radius 3 is 2.67 bits per heavy atom. The molecule has 0 saturated carbocycles. The molecular formula is C10H18N2O3. The van der Waals surface area contributed by atoms with Gasteiger partial charge >= 0.3 is 12.0 Å². The largest absolute Gasteiger partial charge is 0.458 e. The molecule has 1 unspecified atom stereocenters. The lowest BCUT2D eigenvalue weighted by Gasteiger charge is -2.25. The van der Waals surface area contributed by atoms with E-state index in [9.17, 15) is 9.59 Å². The Hall–Kier alpha value is -1.26. The van der Waals surface area contributed by atoms with Gasteiger partial charge in [0.1, 0.15) is 11.6 Å². The van der Waals surface area contributed by atoms with Crippen molar-refractivity contribution in [2.75, 3.05) is 13.1 Å². The van der Waals surface area contributed by atoms with Crippen LogP contribution in [-0.4, -0.2) is 41.6 Å². The number of hydrogen-bond acceptors (Lipinski definition) is 3. The second-order valence-corrected chi connectivity index (χ2v) is 4.52. The summed E-state index contributed by atoms with van der Waals surface area (Å²) in [5.74, 6) is -0.345. The summed E-state index contributed by atoms with van der Waals surface area (Å²) in [6.45, 7) is 8.11. The van der Waals surface area contributed by atoms with Crippen molar-refractivity contribution in [1.29, 1.82) is 0 Å². The van der Waals surface area contributed by atoms with Crippen LogP contribution in [0, 0.1) is 0 Å². The van der Waals surface area contributed by atoms with Crippen molar-refractivity contribution in [3.63, 3.8) is 0 Å². The highest BCUT2D eigenvalue weighted by Crippen LogP contribution is 2.14. The average molecular weight is 214 g/mol. The second kappa shape index (κ2) is 4.08. The van der Waals surface area contributed by atoms with Crippen LogP contribution < -0.4 is 5.32 Å². The smallest absolute Gasteiger partial charge is 0.331 e. The van der Waals surface area contributed by atoms with Crippen LogP contribution in [0.2, 0.25) is 0 Å². The minimum atomic E-state index is -0.512. The van der Waals surface area contributed by atoms with E-state index in [0.717, 1.165) is 0 Å². The third-order valence-electron chi connectivity index (χ3n) is 2.10. The highest BCUT2D eigenvalue weighted by atomic mass is 16.6. The molecule has 1 fully saturated rings. The van der Waals surface area contributed by atoms with Gasteiger partial charge in [0.2, 0.25) is 0 Å². The summed E-state index contributed by atoms with van der Waals surface area (Å²) >= 11 is 0. The summed E-state index contributed by atoms with van der Waals surface area (Å²) in [6, 6.07) is -0.685. The molecule has 0 radical (unpaired) electrons. The predicted octanol–water partition coefficient (Wildman–Crippen LogP) is 0.742. The number of nitrogens with zero attached hydrogens (tertiary/aromatic N) is 1. The van der Waals surface area contributed by atoms with Gasteiger partial charge < -0.3 is 15.0 Å². The summed E-state index contributed by atoms with van der Waals surface area (Å²) in [7, 11) is 0. The van der Waals surface area contributed by atoms with E-state index < -0.39 is 11.6 Å².